The monoisotopic (exact) mass is 562 g/mol. The molecule has 1 aliphatic rings. The fraction of sp³-hybridized carbons (Fsp3) is 0.375. The smallest absolute Gasteiger partial charge is 0.194 e. The van der Waals surface area contributed by atoms with Crippen molar-refractivity contribution in [3.05, 3.63) is 78.4 Å². The van der Waals surface area contributed by atoms with Gasteiger partial charge >= 0.3 is 0 Å². The normalized spacial score (nSPS) is 16.1. The molecule has 0 amide bonds. The minimum atomic E-state index is 0. The molecule has 6 nitrogen and oxygen atoms in total. The van der Waals surface area contributed by atoms with Crippen molar-refractivity contribution >= 4 is 41.7 Å². The Morgan fingerprint density at radius 1 is 1.16 bits per heavy atom. The lowest BCUT2D eigenvalue weighted by Crippen LogP contribution is -2.40. The number of nitrogens with zero attached hydrogens (tertiary/aromatic N) is 5. The van der Waals surface area contributed by atoms with Crippen LogP contribution >= 0.6 is 35.7 Å². The van der Waals surface area contributed by atoms with Crippen molar-refractivity contribution in [2.75, 3.05) is 25.4 Å². The molecule has 0 radical (unpaired) electrons. The van der Waals surface area contributed by atoms with Gasteiger partial charge in [-0.05, 0) is 42.5 Å². The van der Waals surface area contributed by atoms with E-state index in [0.717, 1.165) is 37.9 Å². The maximum Gasteiger partial charge on any atom is 0.194 e. The number of thioether (sulfide) groups is 1. The zero-order chi connectivity index (χ0) is 21.3. The fourth-order valence-electron chi connectivity index (χ4n) is 3.81. The first-order valence-corrected chi connectivity index (χ1v) is 11.9. The van der Waals surface area contributed by atoms with Crippen molar-refractivity contribution in [1.82, 2.24) is 25.0 Å². The molecule has 1 aliphatic heterocycles. The minimum Gasteiger partial charge on any atom is -0.357 e. The van der Waals surface area contributed by atoms with Gasteiger partial charge in [-0.15, -0.1) is 35.7 Å². The number of guanidine groups is 1. The van der Waals surface area contributed by atoms with Crippen molar-refractivity contribution in [2.24, 2.45) is 10.9 Å². The lowest BCUT2D eigenvalue weighted by molar-refractivity contribution is 0.474. The third-order valence-electron chi connectivity index (χ3n) is 5.36. The number of likely N-dealkylation sites (tertiary alicyclic amines) is 1. The first-order valence-electron chi connectivity index (χ1n) is 10.9. The molecular formula is C24H31IN6S. The molecule has 1 N–H and O–H groups in total. The number of hydrogen-bond acceptors (Lipinski definition) is 4. The van der Waals surface area contributed by atoms with Crippen molar-refractivity contribution in [3.63, 3.8) is 0 Å². The molecule has 0 aliphatic carbocycles. The molecule has 0 saturated carbocycles. The molecule has 2 heterocycles. The molecule has 8 heteroatoms. The van der Waals surface area contributed by atoms with E-state index in [1.54, 1.807) is 12.7 Å². The quantitative estimate of drug-likeness (QED) is 0.189. The van der Waals surface area contributed by atoms with Crippen molar-refractivity contribution in [2.45, 2.75) is 31.3 Å². The minimum absolute atomic E-state index is 0. The van der Waals surface area contributed by atoms with Crippen LogP contribution in [0.4, 0.5) is 0 Å². The summed E-state index contributed by atoms with van der Waals surface area (Å²) in [5, 5.41) is 7.68. The summed E-state index contributed by atoms with van der Waals surface area (Å²) in [5.74, 6) is 2.88. The first-order chi connectivity index (χ1) is 15.3. The van der Waals surface area contributed by atoms with E-state index in [9.17, 15) is 0 Å². The van der Waals surface area contributed by atoms with E-state index >= 15 is 0 Å². The summed E-state index contributed by atoms with van der Waals surface area (Å²) in [5.41, 5.74) is 2.42. The van der Waals surface area contributed by atoms with Gasteiger partial charge in [-0.25, -0.2) is 14.7 Å². The number of rotatable bonds is 8. The molecular weight excluding hydrogens is 531 g/mol. The van der Waals surface area contributed by atoms with Crippen LogP contribution in [0.5, 0.6) is 0 Å². The molecule has 0 bridgehead atoms. The van der Waals surface area contributed by atoms with Crippen LogP contribution in [-0.2, 0) is 13.1 Å². The third kappa shape index (κ3) is 7.23. The van der Waals surface area contributed by atoms with Gasteiger partial charge in [0.05, 0.1) is 13.1 Å². The Hall–Kier alpha value is -2.07. The summed E-state index contributed by atoms with van der Waals surface area (Å²) in [7, 11) is 0. The van der Waals surface area contributed by atoms with Crippen LogP contribution in [0.25, 0.3) is 0 Å². The summed E-state index contributed by atoms with van der Waals surface area (Å²) in [4.78, 5) is 12.7. The van der Waals surface area contributed by atoms with Crippen LogP contribution in [0.2, 0.25) is 0 Å². The highest BCUT2D eigenvalue weighted by Crippen LogP contribution is 2.26. The largest absolute Gasteiger partial charge is 0.357 e. The number of nitrogens with one attached hydrogen (secondary N) is 1. The fourth-order valence-corrected chi connectivity index (χ4v) is 4.86. The Morgan fingerprint density at radius 2 is 2.00 bits per heavy atom. The van der Waals surface area contributed by atoms with Gasteiger partial charge in [0.25, 0.3) is 0 Å². The van der Waals surface area contributed by atoms with Gasteiger partial charge in [-0.3, -0.25) is 0 Å². The van der Waals surface area contributed by atoms with Gasteiger partial charge in [0.15, 0.2) is 5.96 Å². The zero-order valence-electron chi connectivity index (χ0n) is 18.4. The van der Waals surface area contributed by atoms with Gasteiger partial charge in [-0.2, -0.15) is 5.10 Å². The summed E-state index contributed by atoms with van der Waals surface area (Å²) in [6, 6.07) is 19.2. The summed E-state index contributed by atoms with van der Waals surface area (Å²) >= 11 is 1.96. The van der Waals surface area contributed by atoms with Gasteiger partial charge in [0.1, 0.15) is 12.7 Å². The van der Waals surface area contributed by atoms with E-state index in [2.05, 4.69) is 81.8 Å². The molecule has 1 saturated heterocycles. The standard InChI is InChI=1S/C24H30N6S.HI/c1-2-26-24(29-12-11-22(15-29)17-31-23-9-4-3-5-10-23)27-14-20-7-6-8-21(13-20)16-30-19-25-18-28-30;/h3-10,13,18-19,22H,2,11-12,14-17H2,1H3,(H,26,27);1H. The van der Waals surface area contributed by atoms with Crippen LogP contribution in [0.3, 0.4) is 0 Å². The molecule has 1 atom stereocenters. The molecule has 1 aromatic heterocycles. The van der Waals surface area contributed by atoms with Crippen LogP contribution in [0, 0.1) is 5.92 Å². The second-order valence-corrected chi connectivity index (χ2v) is 8.90. The van der Waals surface area contributed by atoms with E-state index in [4.69, 9.17) is 4.99 Å². The van der Waals surface area contributed by atoms with Crippen molar-refractivity contribution in [3.8, 4) is 0 Å². The molecule has 170 valence electrons. The second kappa shape index (κ2) is 12.8. The van der Waals surface area contributed by atoms with Crippen LogP contribution in [0.1, 0.15) is 24.5 Å². The average molecular weight is 563 g/mol. The maximum absolute atomic E-state index is 4.95. The first kappa shape index (κ1) is 24.6. The second-order valence-electron chi connectivity index (χ2n) is 7.81. The van der Waals surface area contributed by atoms with Gasteiger partial charge < -0.3 is 10.2 Å². The van der Waals surface area contributed by atoms with Gasteiger partial charge in [0, 0.05) is 30.3 Å². The highest BCUT2D eigenvalue weighted by molar-refractivity contribution is 14.0. The molecule has 0 spiro atoms. The Bertz CT molecular complexity index is 964. The third-order valence-corrected chi connectivity index (χ3v) is 6.61. The summed E-state index contributed by atoms with van der Waals surface area (Å²) < 4.78 is 1.84. The highest BCUT2D eigenvalue weighted by Gasteiger charge is 2.24. The molecule has 32 heavy (non-hydrogen) atoms. The van der Waals surface area contributed by atoms with E-state index in [0.29, 0.717) is 12.5 Å². The number of halogens is 1. The van der Waals surface area contributed by atoms with E-state index in [1.165, 1.54) is 22.4 Å². The van der Waals surface area contributed by atoms with E-state index in [1.807, 2.05) is 16.4 Å². The lowest BCUT2D eigenvalue weighted by Gasteiger charge is -2.21. The number of aliphatic imine (C=N–C) groups is 1. The van der Waals surface area contributed by atoms with E-state index in [-0.39, 0.29) is 24.0 Å². The maximum atomic E-state index is 4.95. The lowest BCUT2D eigenvalue weighted by atomic mass is 10.1. The topological polar surface area (TPSA) is 58.3 Å². The summed E-state index contributed by atoms with van der Waals surface area (Å²) in [6.07, 6.45) is 4.53. The Morgan fingerprint density at radius 3 is 2.78 bits per heavy atom. The molecule has 1 fully saturated rings. The van der Waals surface area contributed by atoms with Gasteiger partial charge in [0.2, 0.25) is 0 Å². The van der Waals surface area contributed by atoms with Crippen molar-refractivity contribution in [1.29, 1.82) is 0 Å². The predicted molar refractivity (Wildman–Crippen MR) is 143 cm³/mol. The number of aromatic nitrogens is 3. The Labute approximate surface area is 211 Å². The molecule has 1 unspecified atom stereocenters. The Balaban J connectivity index is 0.00000289. The SMILES string of the molecule is CCNC(=NCc1cccc(Cn2cncn2)c1)N1CCC(CSc2ccccc2)C1.I. The number of benzene rings is 2. The van der Waals surface area contributed by atoms with Gasteiger partial charge in [-0.1, -0.05) is 42.5 Å². The average Bonchev–Trinajstić information content (AvgIpc) is 3.48. The van der Waals surface area contributed by atoms with Crippen LogP contribution in [-0.4, -0.2) is 51.0 Å². The Kier molecular flexibility index (Phi) is 9.86. The van der Waals surface area contributed by atoms with E-state index < -0.39 is 0 Å². The summed E-state index contributed by atoms with van der Waals surface area (Å²) in [6.45, 7) is 6.55. The zero-order valence-corrected chi connectivity index (χ0v) is 21.6. The van der Waals surface area contributed by atoms with Crippen molar-refractivity contribution < 1.29 is 0 Å². The number of hydrogen-bond donors (Lipinski definition) is 1. The molecule has 2 aromatic carbocycles. The highest BCUT2D eigenvalue weighted by atomic mass is 127. The van der Waals surface area contributed by atoms with Crippen LogP contribution in [0.15, 0.2) is 77.1 Å². The van der Waals surface area contributed by atoms with Crippen LogP contribution < -0.4 is 5.32 Å². The predicted octanol–water partition coefficient (Wildman–Crippen LogP) is 4.52. The molecule has 4 rings (SSSR count). The molecule has 3 aromatic rings.